The van der Waals surface area contributed by atoms with E-state index in [1.54, 1.807) is 6.33 Å². The lowest BCUT2D eigenvalue weighted by molar-refractivity contribution is 0.122. The molecule has 2 N–H and O–H groups in total. The molecule has 1 unspecified atom stereocenters. The van der Waals surface area contributed by atoms with Gasteiger partial charge in [-0.15, -0.1) is 0 Å². The summed E-state index contributed by atoms with van der Waals surface area (Å²) in [6.07, 6.45) is 6.66. The van der Waals surface area contributed by atoms with Gasteiger partial charge in [0.1, 0.15) is 12.1 Å². The molecule has 0 saturated carbocycles. The first-order chi connectivity index (χ1) is 12.9. The molecule has 1 fully saturated rings. The summed E-state index contributed by atoms with van der Waals surface area (Å²) in [6, 6.07) is 6.80. The van der Waals surface area contributed by atoms with E-state index in [9.17, 15) is 0 Å². The molecule has 1 aliphatic carbocycles. The highest BCUT2D eigenvalue weighted by Gasteiger charge is 2.21. The minimum Gasteiger partial charge on any atom is -0.378 e. The van der Waals surface area contributed by atoms with E-state index in [-0.39, 0.29) is 0 Å². The van der Waals surface area contributed by atoms with E-state index in [2.05, 4.69) is 48.6 Å². The first kappa shape index (κ1) is 15.6. The van der Waals surface area contributed by atoms with Crippen molar-refractivity contribution in [3.8, 4) is 0 Å². The number of morpholine rings is 1. The molecule has 5 rings (SSSR count). The normalized spacial score (nSPS) is 20.2. The SMILES string of the molecule is c1nc(NC2CCc3[nH]ncc3C2)c2cc(N3CCOCC3)ccc2n1. The maximum atomic E-state index is 5.47. The lowest BCUT2D eigenvalue weighted by Crippen LogP contribution is -2.36. The molecule has 1 atom stereocenters. The number of aryl methyl sites for hydroxylation is 1. The highest BCUT2D eigenvalue weighted by Crippen LogP contribution is 2.28. The van der Waals surface area contributed by atoms with Gasteiger partial charge < -0.3 is 15.0 Å². The Morgan fingerprint density at radius 1 is 1.19 bits per heavy atom. The molecule has 1 aliphatic heterocycles. The monoisotopic (exact) mass is 350 g/mol. The van der Waals surface area contributed by atoms with Gasteiger partial charge in [0.25, 0.3) is 0 Å². The van der Waals surface area contributed by atoms with Gasteiger partial charge in [0.2, 0.25) is 0 Å². The average Bonchev–Trinajstić information content (AvgIpc) is 3.16. The van der Waals surface area contributed by atoms with Gasteiger partial charge >= 0.3 is 0 Å². The van der Waals surface area contributed by atoms with Crippen molar-refractivity contribution in [1.82, 2.24) is 20.2 Å². The molecule has 0 bridgehead atoms. The van der Waals surface area contributed by atoms with Gasteiger partial charge in [-0.05, 0) is 43.0 Å². The standard InChI is InChI=1S/C19H22N6O/c1-3-17-13(11-22-24-17)9-14(1)23-19-16-10-15(25-5-7-26-8-6-25)2-4-18(16)20-12-21-19/h2,4,10-12,14H,1,3,5-9H2,(H,22,24)(H,20,21,23). The smallest absolute Gasteiger partial charge is 0.137 e. The third kappa shape index (κ3) is 2.88. The van der Waals surface area contributed by atoms with Crippen LogP contribution in [0.3, 0.4) is 0 Å². The van der Waals surface area contributed by atoms with Crippen LogP contribution in [0.25, 0.3) is 10.9 Å². The van der Waals surface area contributed by atoms with Crippen LogP contribution in [0.1, 0.15) is 17.7 Å². The Labute approximate surface area is 151 Å². The van der Waals surface area contributed by atoms with Crippen molar-refractivity contribution < 1.29 is 4.74 Å². The Morgan fingerprint density at radius 2 is 2.12 bits per heavy atom. The number of nitrogens with zero attached hydrogens (tertiary/aromatic N) is 4. The molecule has 7 nitrogen and oxygen atoms in total. The van der Waals surface area contributed by atoms with Gasteiger partial charge in [0.05, 0.1) is 24.9 Å². The molecule has 7 heteroatoms. The molecule has 1 saturated heterocycles. The fourth-order valence-electron chi connectivity index (χ4n) is 3.91. The van der Waals surface area contributed by atoms with Crippen LogP contribution in [0.4, 0.5) is 11.5 Å². The molecule has 0 radical (unpaired) electrons. The lowest BCUT2D eigenvalue weighted by atomic mass is 9.93. The molecule has 1 aromatic carbocycles. The summed E-state index contributed by atoms with van der Waals surface area (Å²) < 4.78 is 5.47. The number of nitrogens with one attached hydrogen (secondary N) is 2. The zero-order valence-corrected chi connectivity index (χ0v) is 14.6. The number of fused-ring (bicyclic) bond motifs is 2. The molecule has 0 spiro atoms. The molecule has 3 aromatic rings. The fraction of sp³-hybridized carbons (Fsp3) is 0.421. The van der Waals surface area contributed by atoms with E-state index >= 15 is 0 Å². The first-order valence-electron chi connectivity index (χ1n) is 9.22. The minimum absolute atomic E-state index is 0.366. The summed E-state index contributed by atoms with van der Waals surface area (Å²) in [5, 5.41) is 12.0. The molecule has 3 heterocycles. The fourth-order valence-corrected chi connectivity index (χ4v) is 3.91. The Balaban J connectivity index is 1.43. The number of anilines is 2. The minimum atomic E-state index is 0.366. The second kappa shape index (κ2) is 6.57. The molecule has 0 amide bonds. The quantitative estimate of drug-likeness (QED) is 0.754. The van der Waals surface area contributed by atoms with E-state index in [1.807, 2.05) is 6.20 Å². The van der Waals surface area contributed by atoms with E-state index in [4.69, 9.17) is 4.74 Å². The Bertz CT molecular complexity index is 917. The van der Waals surface area contributed by atoms with Gasteiger partial charge in [0.15, 0.2) is 0 Å². The van der Waals surface area contributed by atoms with Gasteiger partial charge in [-0.3, -0.25) is 5.10 Å². The summed E-state index contributed by atoms with van der Waals surface area (Å²) >= 11 is 0. The van der Waals surface area contributed by atoms with Crippen LogP contribution >= 0.6 is 0 Å². The third-order valence-corrected chi connectivity index (χ3v) is 5.35. The van der Waals surface area contributed by atoms with Gasteiger partial charge in [-0.25, -0.2) is 9.97 Å². The van der Waals surface area contributed by atoms with Crippen molar-refractivity contribution in [2.75, 3.05) is 36.5 Å². The van der Waals surface area contributed by atoms with Crippen LogP contribution in [0.2, 0.25) is 0 Å². The van der Waals surface area contributed by atoms with Gasteiger partial charge in [0, 0.05) is 35.9 Å². The van der Waals surface area contributed by atoms with Crippen LogP contribution in [0.5, 0.6) is 0 Å². The number of rotatable bonds is 3. The summed E-state index contributed by atoms with van der Waals surface area (Å²) in [4.78, 5) is 11.3. The third-order valence-electron chi connectivity index (χ3n) is 5.35. The van der Waals surface area contributed by atoms with E-state index in [0.29, 0.717) is 6.04 Å². The van der Waals surface area contributed by atoms with E-state index < -0.39 is 0 Å². The lowest BCUT2D eigenvalue weighted by Gasteiger charge is -2.29. The van der Waals surface area contributed by atoms with Crippen LogP contribution in [0.15, 0.2) is 30.7 Å². The van der Waals surface area contributed by atoms with E-state index in [0.717, 1.165) is 62.3 Å². The van der Waals surface area contributed by atoms with Crippen molar-refractivity contribution in [2.45, 2.75) is 25.3 Å². The van der Waals surface area contributed by atoms with Crippen LogP contribution in [-0.4, -0.2) is 52.5 Å². The highest BCUT2D eigenvalue weighted by molar-refractivity contribution is 5.91. The predicted octanol–water partition coefficient (Wildman–Crippen LogP) is 2.16. The summed E-state index contributed by atoms with van der Waals surface area (Å²) in [5.41, 5.74) is 4.75. The number of benzene rings is 1. The first-order valence-corrected chi connectivity index (χ1v) is 9.22. The maximum absolute atomic E-state index is 5.47. The Hall–Kier alpha value is -2.67. The average molecular weight is 350 g/mol. The molecule has 2 aromatic heterocycles. The van der Waals surface area contributed by atoms with Gasteiger partial charge in [-0.1, -0.05) is 0 Å². The summed E-state index contributed by atoms with van der Waals surface area (Å²) in [7, 11) is 0. The predicted molar refractivity (Wildman–Crippen MR) is 101 cm³/mol. The number of hydrogen-bond acceptors (Lipinski definition) is 6. The van der Waals surface area contributed by atoms with Crippen molar-refractivity contribution >= 4 is 22.4 Å². The van der Waals surface area contributed by atoms with Crippen molar-refractivity contribution in [3.63, 3.8) is 0 Å². The van der Waals surface area contributed by atoms with Gasteiger partial charge in [-0.2, -0.15) is 5.10 Å². The second-order valence-corrected chi connectivity index (χ2v) is 6.98. The maximum Gasteiger partial charge on any atom is 0.137 e. The summed E-state index contributed by atoms with van der Waals surface area (Å²) in [6.45, 7) is 3.41. The molecular weight excluding hydrogens is 328 g/mol. The topological polar surface area (TPSA) is 79.0 Å². The van der Waals surface area contributed by atoms with Crippen molar-refractivity contribution in [2.24, 2.45) is 0 Å². The number of aromatic amines is 1. The number of hydrogen-bond donors (Lipinski definition) is 2. The van der Waals surface area contributed by atoms with Crippen LogP contribution in [-0.2, 0) is 17.6 Å². The Morgan fingerprint density at radius 3 is 3.04 bits per heavy atom. The van der Waals surface area contributed by atoms with Crippen molar-refractivity contribution in [1.29, 1.82) is 0 Å². The number of aromatic nitrogens is 4. The molecular formula is C19H22N6O. The Kier molecular flexibility index (Phi) is 3.93. The van der Waals surface area contributed by atoms with Crippen LogP contribution < -0.4 is 10.2 Å². The number of H-pyrrole nitrogens is 1. The van der Waals surface area contributed by atoms with Crippen molar-refractivity contribution in [3.05, 3.63) is 42.0 Å². The largest absolute Gasteiger partial charge is 0.378 e. The molecule has 2 aliphatic rings. The van der Waals surface area contributed by atoms with E-state index in [1.165, 1.54) is 16.9 Å². The molecule has 134 valence electrons. The highest BCUT2D eigenvalue weighted by atomic mass is 16.5. The summed E-state index contributed by atoms with van der Waals surface area (Å²) in [5.74, 6) is 0.919. The zero-order chi connectivity index (χ0) is 17.3. The second-order valence-electron chi connectivity index (χ2n) is 6.98. The zero-order valence-electron chi connectivity index (χ0n) is 14.6. The number of ether oxygens (including phenoxy) is 1. The van der Waals surface area contributed by atoms with Crippen LogP contribution in [0, 0.1) is 0 Å². The molecule has 26 heavy (non-hydrogen) atoms.